The van der Waals surface area contributed by atoms with E-state index in [2.05, 4.69) is 20.5 Å². The molecular weight excluding hydrogens is 342 g/mol. The summed E-state index contributed by atoms with van der Waals surface area (Å²) in [7, 11) is 0. The van der Waals surface area contributed by atoms with Gasteiger partial charge in [-0.3, -0.25) is 4.79 Å². The summed E-state index contributed by atoms with van der Waals surface area (Å²) in [5, 5.41) is 17.1. The molecule has 1 fully saturated rings. The van der Waals surface area contributed by atoms with Crippen molar-refractivity contribution in [2.75, 3.05) is 13.1 Å². The lowest BCUT2D eigenvalue weighted by Gasteiger charge is -2.39. The first-order valence-corrected chi connectivity index (χ1v) is 8.32. The highest BCUT2D eigenvalue weighted by molar-refractivity contribution is 6.30. The van der Waals surface area contributed by atoms with Crippen LogP contribution in [0.3, 0.4) is 0 Å². The molecule has 9 heteroatoms. The standard InChI is InChI=1S/C16H16ClN7O/c17-13-3-1-12(2-4-13)7-16(25)22-10-15(11-22)23-8-14(20-21-23)9-24-18-5-6-19-24/h1-6,8,15H,7,9-11H2. The van der Waals surface area contributed by atoms with E-state index in [1.807, 2.05) is 27.9 Å². The molecule has 0 aliphatic carbocycles. The molecule has 0 atom stereocenters. The van der Waals surface area contributed by atoms with Crippen LogP contribution in [-0.4, -0.2) is 53.9 Å². The van der Waals surface area contributed by atoms with Gasteiger partial charge in [-0.25, -0.2) is 4.68 Å². The van der Waals surface area contributed by atoms with E-state index in [0.29, 0.717) is 31.1 Å². The molecule has 2 aromatic heterocycles. The number of halogens is 1. The summed E-state index contributed by atoms with van der Waals surface area (Å²) >= 11 is 5.86. The summed E-state index contributed by atoms with van der Waals surface area (Å²) in [6.07, 6.45) is 5.52. The minimum Gasteiger partial charge on any atom is -0.338 e. The maximum Gasteiger partial charge on any atom is 0.227 e. The van der Waals surface area contributed by atoms with E-state index in [-0.39, 0.29) is 11.9 Å². The molecule has 3 aromatic rings. The van der Waals surface area contributed by atoms with Crippen molar-refractivity contribution in [3.8, 4) is 0 Å². The number of amides is 1. The highest BCUT2D eigenvalue weighted by atomic mass is 35.5. The van der Waals surface area contributed by atoms with Crippen molar-refractivity contribution in [1.82, 2.24) is 34.9 Å². The van der Waals surface area contributed by atoms with E-state index in [0.717, 1.165) is 11.3 Å². The molecule has 0 bridgehead atoms. The van der Waals surface area contributed by atoms with E-state index in [1.165, 1.54) is 0 Å². The third kappa shape index (κ3) is 3.53. The van der Waals surface area contributed by atoms with Gasteiger partial charge in [0, 0.05) is 18.1 Å². The molecular formula is C16H16ClN7O. The van der Waals surface area contributed by atoms with Crippen LogP contribution >= 0.6 is 11.6 Å². The number of rotatable bonds is 5. The van der Waals surface area contributed by atoms with Crippen LogP contribution in [0.15, 0.2) is 42.9 Å². The third-order valence-electron chi connectivity index (χ3n) is 4.19. The molecule has 25 heavy (non-hydrogen) atoms. The Kier molecular flexibility index (Phi) is 4.19. The summed E-state index contributed by atoms with van der Waals surface area (Å²) < 4.78 is 1.81. The Labute approximate surface area is 149 Å². The SMILES string of the molecule is O=C(Cc1ccc(Cl)cc1)N1CC(n2cc(Cn3nccn3)nn2)C1. The lowest BCUT2D eigenvalue weighted by molar-refractivity contribution is -0.136. The maximum absolute atomic E-state index is 12.3. The Balaban J connectivity index is 1.30. The van der Waals surface area contributed by atoms with Crippen molar-refractivity contribution in [2.45, 2.75) is 19.0 Å². The van der Waals surface area contributed by atoms with Gasteiger partial charge in [-0.15, -0.1) is 5.10 Å². The Morgan fingerprint density at radius 1 is 1.16 bits per heavy atom. The van der Waals surface area contributed by atoms with Gasteiger partial charge >= 0.3 is 0 Å². The van der Waals surface area contributed by atoms with Gasteiger partial charge < -0.3 is 4.90 Å². The van der Waals surface area contributed by atoms with Crippen LogP contribution in [-0.2, 0) is 17.8 Å². The fourth-order valence-electron chi connectivity index (χ4n) is 2.75. The third-order valence-corrected chi connectivity index (χ3v) is 4.44. The van der Waals surface area contributed by atoms with Crippen LogP contribution in [0.5, 0.6) is 0 Å². The Morgan fingerprint density at radius 3 is 2.60 bits per heavy atom. The highest BCUT2D eigenvalue weighted by Crippen LogP contribution is 2.22. The number of nitrogens with zero attached hydrogens (tertiary/aromatic N) is 7. The van der Waals surface area contributed by atoms with E-state index in [1.54, 1.807) is 29.3 Å². The van der Waals surface area contributed by atoms with Gasteiger partial charge in [0.05, 0.1) is 31.1 Å². The van der Waals surface area contributed by atoms with Gasteiger partial charge in [0.2, 0.25) is 5.91 Å². The molecule has 1 aromatic carbocycles. The van der Waals surface area contributed by atoms with E-state index < -0.39 is 0 Å². The molecule has 3 heterocycles. The average Bonchev–Trinajstić information content (AvgIpc) is 3.21. The summed E-state index contributed by atoms with van der Waals surface area (Å²) in [6.45, 7) is 1.78. The maximum atomic E-state index is 12.3. The number of carbonyl (C=O) groups is 1. The van der Waals surface area contributed by atoms with E-state index in [4.69, 9.17) is 11.6 Å². The van der Waals surface area contributed by atoms with Crippen molar-refractivity contribution in [1.29, 1.82) is 0 Å². The molecule has 1 aliphatic heterocycles. The van der Waals surface area contributed by atoms with Gasteiger partial charge in [-0.1, -0.05) is 28.9 Å². The van der Waals surface area contributed by atoms with Crippen molar-refractivity contribution in [3.63, 3.8) is 0 Å². The van der Waals surface area contributed by atoms with Crippen LogP contribution in [0.25, 0.3) is 0 Å². The molecule has 0 saturated carbocycles. The van der Waals surface area contributed by atoms with Crippen molar-refractivity contribution >= 4 is 17.5 Å². The minimum atomic E-state index is 0.111. The first-order chi connectivity index (χ1) is 12.2. The first-order valence-electron chi connectivity index (χ1n) is 7.94. The molecule has 0 radical (unpaired) electrons. The summed E-state index contributed by atoms with van der Waals surface area (Å²) in [5.41, 5.74) is 1.76. The second kappa shape index (κ2) is 6.64. The van der Waals surface area contributed by atoms with Gasteiger partial charge in [-0.2, -0.15) is 15.0 Å². The summed E-state index contributed by atoms with van der Waals surface area (Å²) in [6, 6.07) is 7.53. The van der Waals surface area contributed by atoms with Crippen molar-refractivity contribution < 1.29 is 4.79 Å². The zero-order valence-electron chi connectivity index (χ0n) is 13.4. The molecule has 1 aliphatic rings. The average molecular weight is 358 g/mol. The smallest absolute Gasteiger partial charge is 0.227 e. The van der Waals surface area contributed by atoms with E-state index >= 15 is 0 Å². The largest absolute Gasteiger partial charge is 0.338 e. The fraction of sp³-hybridized carbons (Fsp3) is 0.312. The van der Waals surface area contributed by atoms with Gasteiger partial charge in [0.15, 0.2) is 0 Å². The second-order valence-electron chi connectivity index (χ2n) is 6.01. The molecule has 0 N–H and O–H groups in total. The zero-order chi connectivity index (χ0) is 17.2. The quantitative estimate of drug-likeness (QED) is 0.685. The van der Waals surface area contributed by atoms with Crippen LogP contribution in [0, 0.1) is 0 Å². The predicted octanol–water partition coefficient (Wildman–Crippen LogP) is 1.20. The first kappa shape index (κ1) is 15.8. The molecule has 8 nitrogen and oxygen atoms in total. The molecule has 128 valence electrons. The lowest BCUT2D eigenvalue weighted by atomic mass is 10.1. The Hall–Kier alpha value is -2.74. The minimum absolute atomic E-state index is 0.111. The van der Waals surface area contributed by atoms with Gasteiger partial charge in [0.25, 0.3) is 0 Å². The van der Waals surface area contributed by atoms with Crippen LogP contribution in [0.4, 0.5) is 0 Å². The number of benzene rings is 1. The molecule has 1 saturated heterocycles. The van der Waals surface area contributed by atoms with Crippen LogP contribution in [0.2, 0.25) is 5.02 Å². The number of carbonyl (C=O) groups excluding carboxylic acids is 1. The van der Waals surface area contributed by atoms with Gasteiger partial charge in [0.1, 0.15) is 12.2 Å². The van der Waals surface area contributed by atoms with Crippen LogP contribution in [0.1, 0.15) is 17.3 Å². The summed E-state index contributed by atoms with van der Waals surface area (Å²) in [4.78, 5) is 15.7. The lowest BCUT2D eigenvalue weighted by Crippen LogP contribution is -2.51. The van der Waals surface area contributed by atoms with Crippen molar-refractivity contribution in [2.24, 2.45) is 0 Å². The molecule has 0 unspecified atom stereocenters. The normalized spacial score (nSPS) is 14.5. The Bertz CT molecular complexity index is 853. The monoisotopic (exact) mass is 357 g/mol. The number of hydrogen-bond donors (Lipinski definition) is 0. The zero-order valence-corrected chi connectivity index (χ0v) is 14.1. The highest BCUT2D eigenvalue weighted by Gasteiger charge is 2.32. The number of hydrogen-bond acceptors (Lipinski definition) is 5. The van der Waals surface area contributed by atoms with Gasteiger partial charge in [-0.05, 0) is 17.7 Å². The number of aromatic nitrogens is 6. The van der Waals surface area contributed by atoms with Crippen LogP contribution < -0.4 is 0 Å². The predicted molar refractivity (Wildman–Crippen MR) is 89.9 cm³/mol. The van der Waals surface area contributed by atoms with Crippen molar-refractivity contribution in [3.05, 3.63) is 59.1 Å². The molecule has 4 rings (SSSR count). The molecule has 0 spiro atoms. The second-order valence-corrected chi connectivity index (χ2v) is 6.44. The van der Waals surface area contributed by atoms with E-state index in [9.17, 15) is 4.79 Å². The molecule has 1 amide bonds. The number of likely N-dealkylation sites (tertiary alicyclic amines) is 1. The fourth-order valence-corrected chi connectivity index (χ4v) is 2.88. The summed E-state index contributed by atoms with van der Waals surface area (Å²) in [5.74, 6) is 0.111. The Morgan fingerprint density at radius 2 is 1.88 bits per heavy atom. The topological polar surface area (TPSA) is 81.7 Å².